The van der Waals surface area contributed by atoms with E-state index in [1.807, 2.05) is 61.5 Å². The maximum atomic E-state index is 12.0. The average molecular weight is 306 g/mol. The molecule has 2 heterocycles. The van der Waals surface area contributed by atoms with Gasteiger partial charge in [-0.15, -0.1) is 0 Å². The van der Waals surface area contributed by atoms with E-state index in [9.17, 15) is 4.79 Å². The highest BCUT2D eigenvalue weighted by atomic mass is 16.1. The number of amides is 1. The van der Waals surface area contributed by atoms with Crippen LogP contribution >= 0.6 is 0 Å². The molecule has 3 aromatic rings. The normalized spacial score (nSPS) is 10.5. The van der Waals surface area contributed by atoms with E-state index in [1.165, 1.54) is 0 Å². The number of nitrogens with zero attached hydrogens (tertiary/aromatic N) is 3. The van der Waals surface area contributed by atoms with Crippen molar-refractivity contribution in [3.63, 3.8) is 0 Å². The number of pyridine rings is 1. The Kier molecular flexibility index (Phi) is 4.47. The molecule has 1 aromatic carbocycles. The molecule has 0 aliphatic carbocycles. The minimum atomic E-state index is -0.0165. The molecule has 0 unspecified atom stereocenters. The highest BCUT2D eigenvalue weighted by molar-refractivity contribution is 5.90. The number of hydrogen-bond donors (Lipinski definition) is 1. The van der Waals surface area contributed by atoms with Crippen LogP contribution in [0.1, 0.15) is 19.8 Å². The number of carbonyl (C=O) groups is 1. The van der Waals surface area contributed by atoms with Crippen LogP contribution in [-0.4, -0.2) is 20.7 Å². The molecule has 0 aliphatic heterocycles. The van der Waals surface area contributed by atoms with Crippen molar-refractivity contribution >= 4 is 11.7 Å². The number of rotatable bonds is 5. The first kappa shape index (κ1) is 15.0. The van der Waals surface area contributed by atoms with Gasteiger partial charge in [0.05, 0.1) is 11.4 Å². The summed E-state index contributed by atoms with van der Waals surface area (Å²) in [6, 6.07) is 17.3. The van der Waals surface area contributed by atoms with Crippen molar-refractivity contribution in [1.82, 2.24) is 14.8 Å². The van der Waals surface area contributed by atoms with Gasteiger partial charge in [-0.3, -0.25) is 9.78 Å². The SMILES string of the molecule is CCCC(=O)Nc1cc(-c2ccccn2)nn1-c1ccccc1. The first-order chi connectivity index (χ1) is 11.3. The Hall–Kier alpha value is -2.95. The smallest absolute Gasteiger partial charge is 0.225 e. The highest BCUT2D eigenvalue weighted by Gasteiger charge is 2.13. The van der Waals surface area contributed by atoms with Crippen LogP contribution in [0.25, 0.3) is 17.1 Å². The molecule has 3 rings (SSSR count). The van der Waals surface area contributed by atoms with Gasteiger partial charge in [0.25, 0.3) is 0 Å². The number of aromatic nitrogens is 3. The predicted octanol–water partition coefficient (Wildman–Crippen LogP) is 3.67. The van der Waals surface area contributed by atoms with E-state index in [-0.39, 0.29) is 5.91 Å². The second-order valence-electron chi connectivity index (χ2n) is 5.18. The van der Waals surface area contributed by atoms with Gasteiger partial charge in [0.1, 0.15) is 11.5 Å². The van der Waals surface area contributed by atoms with Crippen LogP contribution < -0.4 is 5.32 Å². The highest BCUT2D eigenvalue weighted by Crippen LogP contribution is 2.23. The number of para-hydroxylation sites is 1. The Morgan fingerprint density at radius 2 is 1.87 bits per heavy atom. The molecule has 0 aliphatic rings. The Morgan fingerprint density at radius 1 is 1.09 bits per heavy atom. The van der Waals surface area contributed by atoms with Crippen molar-refractivity contribution in [2.75, 3.05) is 5.32 Å². The van der Waals surface area contributed by atoms with Crippen LogP contribution in [0, 0.1) is 0 Å². The summed E-state index contributed by atoms with van der Waals surface area (Å²) in [6.45, 7) is 1.98. The molecule has 5 nitrogen and oxygen atoms in total. The molecule has 1 amide bonds. The van der Waals surface area contributed by atoms with Gasteiger partial charge in [0.15, 0.2) is 0 Å². The van der Waals surface area contributed by atoms with Crippen LogP contribution in [0.15, 0.2) is 60.8 Å². The topological polar surface area (TPSA) is 59.8 Å². The van der Waals surface area contributed by atoms with Gasteiger partial charge < -0.3 is 5.32 Å². The minimum Gasteiger partial charge on any atom is -0.311 e. The van der Waals surface area contributed by atoms with E-state index in [0.717, 1.165) is 23.5 Å². The number of nitrogens with one attached hydrogen (secondary N) is 1. The quantitative estimate of drug-likeness (QED) is 0.782. The van der Waals surface area contributed by atoms with Crippen LogP contribution in [0.3, 0.4) is 0 Å². The van der Waals surface area contributed by atoms with Crippen molar-refractivity contribution in [3.8, 4) is 17.1 Å². The maximum absolute atomic E-state index is 12.0. The summed E-state index contributed by atoms with van der Waals surface area (Å²) in [5.74, 6) is 0.632. The van der Waals surface area contributed by atoms with E-state index in [4.69, 9.17) is 0 Å². The molecule has 0 spiro atoms. The molecule has 0 radical (unpaired) electrons. The fourth-order valence-electron chi connectivity index (χ4n) is 2.31. The number of anilines is 1. The van der Waals surface area contributed by atoms with Crippen molar-refractivity contribution in [1.29, 1.82) is 0 Å². The van der Waals surface area contributed by atoms with Gasteiger partial charge in [0, 0.05) is 18.7 Å². The van der Waals surface area contributed by atoms with Gasteiger partial charge >= 0.3 is 0 Å². The number of benzene rings is 1. The maximum Gasteiger partial charge on any atom is 0.225 e. The molecular weight excluding hydrogens is 288 g/mol. The van der Waals surface area contributed by atoms with Gasteiger partial charge in [-0.25, -0.2) is 4.68 Å². The molecule has 1 N–H and O–H groups in total. The van der Waals surface area contributed by atoms with Gasteiger partial charge in [-0.2, -0.15) is 5.10 Å². The first-order valence-corrected chi connectivity index (χ1v) is 7.64. The van der Waals surface area contributed by atoms with Crippen molar-refractivity contribution in [2.24, 2.45) is 0 Å². The second-order valence-corrected chi connectivity index (χ2v) is 5.18. The molecule has 5 heteroatoms. The third-order valence-corrected chi connectivity index (χ3v) is 3.38. The fraction of sp³-hybridized carbons (Fsp3) is 0.167. The van der Waals surface area contributed by atoms with Gasteiger partial charge in [0.2, 0.25) is 5.91 Å². The lowest BCUT2D eigenvalue weighted by molar-refractivity contribution is -0.116. The van der Waals surface area contributed by atoms with Crippen LogP contribution in [0.5, 0.6) is 0 Å². The average Bonchev–Trinajstić information content (AvgIpc) is 3.00. The zero-order valence-electron chi connectivity index (χ0n) is 12.9. The third kappa shape index (κ3) is 3.45. The lowest BCUT2D eigenvalue weighted by Crippen LogP contribution is -2.14. The van der Waals surface area contributed by atoms with E-state index >= 15 is 0 Å². The van der Waals surface area contributed by atoms with E-state index in [2.05, 4.69) is 15.4 Å². The van der Waals surface area contributed by atoms with Crippen LogP contribution in [-0.2, 0) is 4.79 Å². The first-order valence-electron chi connectivity index (χ1n) is 7.64. The summed E-state index contributed by atoms with van der Waals surface area (Å²) in [6.07, 6.45) is 3.02. The molecule has 0 saturated carbocycles. The lowest BCUT2D eigenvalue weighted by atomic mass is 10.2. The molecular formula is C18H18N4O. The van der Waals surface area contributed by atoms with Gasteiger partial charge in [-0.05, 0) is 30.7 Å². The Balaban J connectivity index is 2.02. The summed E-state index contributed by atoms with van der Waals surface area (Å²) >= 11 is 0. The number of hydrogen-bond acceptors (Lipinski definition) is 3. The largest absolute Gasteiger partial charge is 0.311 e. The third-order valence-electron chi connectivity index (χ3n) is 3.38. The summed E-state index contributed by atoms with van der Waals surface area (Å²) in [4.78, 5) is 16.3. The van der Waals surface area contributed by atoms with Crippen molar-refractivity contribution in [3.05, 3.63) is 60.8 Å². The molecule has 0 atom stereocenters. The van der Waals surface area contributed by atoms with E-state index in [1.54, 1.807) is 10.9 Å². The molecule has 2 aromatic heterocycles. The molecule has 0 bridgehead atoms. The summed E-state index contributed by atoms with van der Waals surface area (Å²) in [7, 11) is 0. The summed E-state index contributed by atoms with van der Waals surface area (Å²) < 4.78 is 1.73. The Morgan fingerprint density at radius 3 is 2.57 bits per heavy atom. The van der Waals surface area contributed by atoms with Crippen LogP contribution in [0.4, 0.5) is 5.82 Å². The fourth-order valence-corrected chi connectivity index (χ4v) is 2.31. The Bertz CT molecular complexity index is 781. The lowest BCUT2D eigenvalue weighted by Gasteiger charge is -2.08. The van der Waals surface area contributed by atoms with Gasteiger partial charge in [-0.1, -0.05) is 31.2 Å². The zero-order chi connectivity index (χ0) is 16.1. The van der Waals surface area contributed by atoms with E-state index in [0.29, 0.717) is 12.2 Å². The van der Waals surface area contributed by atoms with Crippen molar-refractivity contribution in [2.45, 2.75) is 19.8 Å². The zero-order valence-corrected chi connectivity index (χ0v) is 12.9. The standard InChI is InChI=1S/C18H18N4O/c1-2-8-18(23)20-17-13-16(15-11-6-7-12-19-15)21-22(17)14-9-4-3-5-10-14/h3-7,9-13H,2,8H2,1H3,(H,20,23). The summed E-state index contributed by atoms with van der Waals surface area (Å²) in [5.41, 5.74) is 2.39. The minimum absolute atomic E-state index is 0.0165. The van der Waals surface area contributed by atoms with E-state index < -0.39 is 0 Å². The second kappa shape index (κ2) is 6.87. The van der Waals surface area contributed by atoms with Crippen LogP contribution in [0.2, 0.25) is 0 Å². The number of carbonyl (C=O) groups excluding carboxylic acids is 1. The summed E-state index contributed by atoms with van der Waals surface area (Å²) in [5, 5.41) is 7.54. The predicted molar refractivity (Wildman–Crippen MR) is 90.3 cm³/mol. The molecule has 0 fully saturated rings. The monoisotopic (exact) mass is 306 g/mol. The molecule has 116 valence electrons. The molecule has 0 saturated heterocycles. The van der Waals surface area contributed by atoms with Crippen molar-refractivity contribution < 1.29 is 4.79 Å². The Labute approximate surface area is 135 Å². The molecule has 23 heavy (non-hydrogen) atoms.